The number of Topliss-reactive ketones (excluding diaryl/α,β-unsaturated/α-hetero) is 2. The number of nitrogen functional groups attached to an aromatic ring is 1. The molecule has 4 aliphatic heterocycles. The molecular weight excluding hydrogens is 1580 g/mol. The second-order valence-corrected chi connectivity index (χ2v) is 31.4. The molecule has 0 radical (unpaired) electrons. The molecule has 4 saturated heterocycles. The highest BCUT2D eigenvalue weighted by Gasteiger charge is 2.54. The molecule has 2 aliphatic carbocycles. The molecule has 13 N–H and O–H groups in total. The second kappa shape index (κ2) is 39.5. The number of hydrogen-bond donors (Lipinski definition) is 12. The fraction of sp³-hybridized carbons (Fsp3) is 0.537. The number of phenols is 2. The van der Waals surface area contributed by atoms with Gasteiger partial charge in [0.25, 0.3) is 11.5 Å². The van der Waals surface area contributed by atoms with Gasteiger partial charge in [0.1, 0.15) is 53.3 Å². The van der Waals surface area contributed by atoms with Crippen LogP contribution in [0.1, 0.15) is 196 Å². The number of aromatic amines is 1. The number of fused-ring (bicyclic) bond motifs is 4. The first-order chi connectivity index (χ1) is 56.5. The van der Waals surface area contributed by atoms with E-state index in [1.807, 2.05) is 39.8 Å². The summed E-state index contributed by atoms with van der Waals surface area (Å²) in [5, 5.41) is 81.8. The van der Waals surface area contributed by atoms with Crippen LogP contribution in [-0.4, -0.2) is 267 Å². The maximum atomic E-state index is 13.9. The normalized spacial score (nSPS) is 25.8. The number of imide groups is 1. The maximum absolute atomic E-state index is 13.9. The van der Waals surface area contributed by atoms with Crippen LogP contribution in [0.15, 0.2) is 64.5 Å². The van der Waals surface area contributed by atoms with Crippen LogP contribution in [0, 0.1) is 5.92 Å². The summed E-state index contributed by atoms with van der Waals surface area (Å²) in [7, 11) is 6.70. The van der Waals surface area contributed by atoms with Crippen molar-refractivity contribution in [3.8, 4) is 11.5 Å². The highest BCUT2D eigenvalue weighted by atomic mass is 32.2. The van der Waals surface area contributed by atoms with Gasteiger partial charge in [-0.2, -0.15) is 4.98 Å². The number of nitrogens with one attached hydrogen (secondary N) is 4. The molecule has 0 spiro atoms. The number of likely N-dealkylation sites (tertiary alicyclic amines) is 1. The van der Waals surface area contributed by atoms with Crippen molar-refractivity contribution < 1.29 is 126 Å². The van der Waals surface area contributed by atoms with Gasteiger partial charge in [0, 0.05) is 123 Å². The van der Waals surface area contributed by atoms with E-state index in [9.17, 15) is 98.1 Å². The highest BCUT2D eigenvalue weighted by molar-refractivity contribution is 8.00. The number of aliphatic hydroxyl groups excluding tert-OH is 1. The van der Waals surface area contributed by atoms with E-state index >= 15 is 0 Å². The van der Waals surface area contributed by atoms with Gasteiger partial charge in [-0.15, -0.1) is 11.8 Å². The molecule has 2 aromatic heterocycles. The third kappa shape index (κ3) is 21.3. The van der Waals surface area contributed by atoms with Crippen LogP contribution in [0.3, 0.4) is 0 Å². The van der Waals surface area contributed by atoms with Crippen molar-refractivity contribution >= 4 is 111 Å². The number of amides is 4. The van der Waals surface area contributed by atoms with E-state index in [0.29, 0.717) is 17.8 Å². The maximum Gasteiger partial charge on any atom is 0.327 e. The molecule has 0 saturated carbocycles. The van der Waals surface area contributed by atoms with Gasteiger partial charge in [-0.25, -0.2) is 19.6 Å². The number of methoxy groups -OCH3 is 1. The van der Waals surface area contributed by atoms with E-state index in [4.69, 9.17) is 38.9 Å². The van der Waals surface area contributed by atoms with Gasteiger partial charge in [-0.05, 0) is 103 Å². The fourth-order valence-electron chi connectivity index (χ4n) is 15.4. The Labute approximate surface area is 686 Å². The lowest BCUT2D eigenvalue weighted by Gasteiger charge is -2.48. The van der Waals surface area contributed by atoms with Crippen molar-refractivity contribution in [2.24, 2.45) is 10.9 Å². The standard InChI is InChI=1S/C43H56N2O14.C37H43N9O13S/c1-9-43(52)18-29(34-23(36(43)42(51)53-8)15-24-35(39(34)50)38(49)33-22(37(24)48)11-10-12-27(33)46)57-31-16-26(45(6)7)40(20(3)55-31)59-32-17-28(47)41(21(4)56-32)58-30-14-13-25(44-5)19(2)54-30;1-2-22(47)11-12-46-28(50)14-26(33(46)53)60-17-25(36(58)59)42-27(49)10-5-19(34(54)55)13-23(48)8-9-24(35(56)57)43-31(51)18-3-6-20(7-4-18)39-15-21-16-40-30-29(41-21)32(52)45-37(38)44-30/h10-12,15,19-21,26,28-32,36,40-41,46-47,50,52H,9,13-14,16-18H2,1-8H3;3-4,6-7,16,19,24-26,39H,2,5,8-15,17H2,1H3,(H,42,49)(H,43,51)(H,54,55)(H,56,57)(H,58,59)(H3,38,40,44,45,52)/t19?,20?,21?,26-,28-,29+,30+,31+,32+,36+,40-,41-,43-;/m1./s1. The van der Waals surface area contributed by atoms with Crippen molar-refractivity contribution in [1.29, 1.82) is 0 Å². The van der Waals surface area contributed by atoms with E-state index in [1.54, 1.807) is 33.0 Å². The number of carbonyl (C=O) groups excluding carboxylic acids is 9. The number of ketones is 4. The van der Waals surface area contributed by atoms with Gasteiger partial charge < -0.3 is 95.5 Å². The lowest BCUT2D eigenvalue weighted by atomic mass is 9.67. The summed E-state index contributed by atoms with van der Waals surface area (Å²) in [5.74, 6) is -14.0. The average molecular weight is 1680 g/mol. The average Bonchev–Trinajstić information content (AvgIpc) is 0.900. The Balaban J connectivity index is 0.000000250. The van der Waals surface area contributed by atoms with Gasteiger partial charge in [0.05, 0.1) is 84.0 Å². The van der Waals surface area contributed by atoms with Crippen molar-refractivity contribution in [2.45, 2.75) is 228 Å². The molecule has 38 nitrogen and oxygen atoms in total. The largest absolute Gasteiger partial charge is 0.507 e. The predicted molar refractivity (Wildman–Crippen MR) is 421 cm³/mol. The zero-order chi connectivity index (χ0) is 86.8. The minimum absolute atomic E-state index is 0.000645. The fourth-order valence-corrected chi connectivity index (χ4v) is 16.6. The number of aliphatic imine (C=N–C) groups is 1. The number of anilines is 2. The smallest absolute Gasteiger partial charge is 0.327 e. The Hall–Kier alpha value is -10.6. The van der Waals surface area contributed by atoms with Gasteiger partial charge in [-0.1, -0.05) is 26.0 Å². The molecule has 3 aromatic carbocycles. The first-order valence-corrected chi connectivity index (χ1v) is 40.0. The van der Waals surface area contributed by atoms with Gasteiger partial charge >= 0.3 is 23.9 Å². The number of rotatable bonds is 33. The van der Waals surface area contributed by atoms with E-state index in [-0.39, 0.29) is 151 Å². The number of carboxylic acids is 3. The number of carbonyl (C=O) groups is 12. The van der Waals surface area contributed by atoms with Gasteiger partial charge in [0.15, 0.2) is 35.8 Å². The number of esters is 1. The number of carboxylic acid groups (broad SMARTS) is 3. The monoisotopic (exact) mass is 1680 g/mol. The number of aliphatic carboxylic acids is 3. The Kier molecular flexibility index (Phi) is 30.1. The van der Waals surface area contributed by atoms with E-state index in [1.165, 1.54) is 49.7 Å². The number of phenolic OH excluding ortho intramolecular Hbond substituents is 2. The summed E-state index contributed by atoms with van der Waals surface area (Å²) in [6.07, 6.45) is -5.82. The number of thioether (sulfide) groups is 1. The van der Waals surface area contributed by atoms with Crippen molar-refractivity contribution in [3.63, 3.8) is 0 Å². The number of hydrogen-bond acceptors (Lipinski definition) is 32. The first kappa shape index (κ1) is 90.7. The third-order valence-electron chi connectivity index (χ3n) is 22.0. The van der Waals surface area contributed by atoms with Crippen LogP contribution in [0.5, 0.6) is 11.5 Å². The Bertz CT molecular complexity index is 4780. The summed E-state index contributed by atoms with van der Waals surface area (Å²) in [6, 6.07) is 8.08. The topological polar surface area (TPSA) is 564 Å². The SMILES string of the molecule is CCC(=O)CCN1C(=O)CC(SCC(NC(=O)CCC(CC(=O)CCC(NC(=O)c2ccc(NCc3cnc4nc(N)[nH]c(=O)c4n3)cc2)C(=O)O)C(=O)O)C(=O)O)C1=O.CC[C@@]1(O)C[C@H](O[C@H]2C[C@@H](N(C)C)[C@H](O[C@H]3C[C@@H](O)[C@H](O[C@H]4CCC(=NC)C(C)O4)C(C)O3)C(C)O2)c2c(cc3c(c2O)C(=O)c2c(O)cccc2C3=O)[C@H]1C(=O)OC. The second-order valence-electron chi connectivity index (χ2n) is 30.2. The highest BCUT2D eigenvalue weighted by Crippen LogP contribution is 2.54. The van der Waals surface area contributed by atoms with Crippen molar-refractivity contribution in [3.05, 3.63) is 110 Å². The number of benzene rings is 3. The minimum Gasteiger partial charge on any atom is -0.507 e. The minimum atomic E-state index is -1.75. The van der Waals surface area contributed by atoms with Crippen LogP contribution in [-0.2, 0) is 82.9 Å². The summed E-state index contributed by atoms with van der Waals surface area (Å²) in [6.45, 7) is 9.01. The number of nitrogens with two attached hydrogens (primary N) is 1. The number of ether oxygens (including phenoxy) is 7. The van der Waals surface area contributed by atoms with E-state index < -0.39 is 191 Å². The lowest BCUT2D eigenvalue weighted by molar-refractivity contribution is -0.324. The number of aliphatic hydroxyl groups is 2. The molecule has 11 rings (SSSR count). The van der Waals surface area contributed by atoms with Gasteiger partial charge in [-0.3, -0.25) is 67.6 Å². The zero-order valence-electron chi connectivity index (χ0n) is 66.9. The first-order valence-electron chi connectivity index (χ1n) is 38.9. The number of aromatic nitrogens is 4. The van der Waals surface area contributed by atoms with Crippen LogP contribution < -0.4 is 27.2 Å². The Morgan fingerprint density at radius 3 is 2.13 bits per heavy atom. The quantitative estimate of drug-likeness (QED) is 0.0206. The summed E-state index contributed by atoms with van der Waals surface area (Å²) >= 11 is 0.852. The van der Waals surface area contributed by atoms with E-state index in [2.05, 4.69) is 40.9 Å². The summed E-state index contributed by atoms with van der Waals surface area (Å²) < 4.78 is 43.3. The molecule has 6 aliphatic rings. The van der Waals surface area contributed by atoms with Crippen LogP contribution in [0.2, 0.25) is 0 Å². The zero-order valence-corrected chi connectivity index (χ0v) is 67.7. The van der Waals surface area contributed by atoms with Gasteiger partial charge in [0.2, 0.25) is 29.5 Å². The Morgan fingerprint density at radius 1 is 0.807 bits per heavy atom. The molecular formula is C80H99N11O27S. The molecule has 5 aromatic rings. The molecule has 119 heavy (non-hydrogen) atoms. The molecule has 7 unspecified atom stereocenters. The number of H-pyrrole nitrogens is 1. The van der Waals surface area contributed by atoms with Crippen LogP contribution in [0.4, 0.5) is 11.6 Å². The molecule has 4 fully saturated rings. The van der Waals surface area contributed by atoms with E-state index in [0.717, 1.165) is 28.8 Å². The molecule has 39 heteroatoms. The molecule has 0 bridgehead atoms. The van der Waals surface area contributed by atoms with Crippen LogP contribution >= 0.6 is 11.8 Å². The molecule has 17 atom stereocenters. The van der Waals surface area contributed by atoms with Crippen molar-refractivity contribution in [2.75, 3.05) is 51.6 Å². The predicted octanol–water partition coefficient (Wildman–Crippen LogP) is 3.77. The number of aromatic hydroxyl groups is 2. The molecule has 6 heterocycles. The molecule has 4 amide bonds. The molecule has 642 valence electrons. The van der Waals surface area contributed by atoms with Crippen LogP contribution in [0.25, 0.3) is 11.2 Å². The number of nitrogens with zero attached hydrogens (tertiary/aromatic N) is 6. The Morgan fingerprint density at radius 2 is 1.50 bits per heavy atom. The summed E-state index contributed by atoms with van der Waals surface area (Å²) in [5.41, 5.74) is 4.63. The van der Waals surface area contributed by atoms with Crippen molar-refractivity contribution in [1.82, 2.24) is 40.4 Å². The number of likely N-dealkylation sites (N-methyl/N-ethyl adjacent to an activating group) is 1. The third-order valence-corrected chi connectivity index (χ3v) is 23.3. The summed E-state index contributed by atoms with van der Waals surface area (Å²) in [4.78, 5) is 186. The lowest BCUT2D eigenvalue weighted by Crippen LogP contribution is -2.58.